The lowest BCUT2D eigenvalue weighted by Gasteiger charge is -2.13. The molecular formula is C18H23N3O2. The Morgan fingerprint density at radius 3 is 2.43 bits per heavy atom. The van der Waals surface area contributed by atoms with Gasteiger partial charge in [0.15, 0.2) is 0 Å². The van der Waals surface area contributed by atoms with Gasteiger partial charge in [-0.3, -0.25) is 4.79 Å². The molecule has 0 amide bonds. The molecule has 0 aliphatic heterocycles. The van der Waals surface area contributed by atoms with Crippen LogP contribution in [0.1, 0.15) is 36.7 Å². The largest absolute Gasteiger partial charge is 0.480 e. The summed E-state index contributed by atoms with van der Waals surface area (Å²) >= 11 is 0. The normalized spacial score (nSPS) is 12.0. The first-order valence-electron chi connectivity index (χ1n) is 7.99. The summed E-state index contributed by atoms with van der Waals surface area (Å²) in [7, 11) is 0. The van der Waals surface area contributed by atoms with Gasteiger partial charge in [-0.15, -0.1) is 0 Å². The molecule has 1 heterocycles. The highest BCUT2D eigenvalue weighted by Crippen LogP contribution is 2.05. The highest BCUT2D eigenvalue weighted by molar-refractivity contribution is 5.73. The number of hydrogen-bond acceptors (Lipinski definition) is 4. The minimum atomic E-state index is -0.813. The molecule has 122 valence electrons. The first-order valence-corrected chi connectivity index (χ1v) is 7.99. The average Bonchev–Trinajstić information content (AvgIpc) is 2.58. The van der Waals surface area contributed by atoms with E-state index in [9.17, 15) is 4.79 Å². The molecule has 0 spiro atoms. The summed E-state index contributed by atoms with van der Waals surface area (Å²) in [5, 5.41) is 12.1. The molecule has 0 radical (unpaired) electrons. The van der Waals surface area contributed by atoms with Crippen molar-refractivity contribution in [3.63, 3.8) is 0 Å². The number of aromatic nitrogens is 2. The summed E-state index contributed by atoms with van der Waals surface area (Å²) in [5.41, 5.74) is 2.17. The van der Waals surface area contributed by atoms with E-state index in [1.54, 1.807) is 12.4 Å². The van der Waals surface area contributed by atoms with Crippen LogP contribution in [0.2, 0.25) is 0 Å². The molecule has 1 atom stereocenters. The molecule has 2 rings (SSSR count). The second kappa shape index (κ2) is 9.00. The molecular weight excluding hydrogens is 290 g/mol. The van der Waals surface area contributed by atoms with Crippen molar-refractivity contribution in [3.05, 3.63) is 59.7 Å². The fraction of sp³-hybridized carbons (Fsp3) is 0.389. The van der Waals surface area contributed by atoms with Gasteiger partial charge in [0, 0.05) is 30.9 Å². The summed E-state index contributed by atoms with van der Waals surface area (Å²) in [6.45, 7) is 2.44. The van der Waals surface area contributed by atoms with Crippen LogP contribution in [-0.4, -0.2) is 27.1 Å². The first kappa shape index (κ1) is 17.1. The number of nitrogens with zero attached hydrogens (tertiary/aromatic N) is 2. The summed E-state index contributed by atoms with van der Waals surface area (Å²) in [5.74, 6) is -0.00630. The quantitative estimate of drug-likeness (QED) is 0.744. The predicted octanol–water partition coefficient (Wildman–Crippen LogP) is 2.60. The topological polar surface area (TPSA) is 75.1 Å². The van der Waals surface area contributed by atoms with Gasteiger partial charge in [0.25, 0.3) is 0 Å². The van der Waals surface area contributed by atoms with E-state index < -0.39 is 12.0 Å². The molecule has 0 fully saturated rings. The molecule has 1 unspecified atom stereocenters. The maximum Gasteiger partial charge on any atom is 0.320 e. The maximum absolute atomic E-state index is 11.1. The first-order chi connectivity index (χ1) is 11.2. The number of hydrogen-bond donors (Lipinski definition) is 2. The van der Waals surface area contributed by atoms with Crippen LogP contribution in [0.15, 0.2) is 42.7 Å². The average molecular weight is 313 g/mol. The number of benzene rings is 1. The number of nitrogens with one attached hydrogen (secondary N) is 1. The standard InChI is InChI=1S/C18H23N3O2/c1-2-6-16(18(22)23)19-11-15-12-20-17(21-13-15)10-9-14-7-4-3-5-8-14/h3-5,7-8,12-13,16,19H,2,6,9-11H2,1H3,(H,22,23). The van der Waals surface area contributed by atoms with Gasteiger partial charge in [-0.2, -0.15) is 0 Å². The lowest BCUT2D eigenvalue weighted by Crippen LogP contribution is -2.36. The summed E-state index contributed by atoms with van der Waals surface area (Å²) < 4.78 is 0. The van der Waals surface area contributed by atoms with E-state index in [2.05, 4.69) is 27.4 Å². The molecule has 0 saturated carbocycles. The van der Waals surface area contributed by atoms with Gasteiger partial charge >= 0.3 is 5.97 Å². The Kier molecular flexibility index (Phi) is 6.69. The van der Waals surface area contributed by atoms with Crippen molar-refractivity contribution in [3.8, 4) is 0 Å². The number of carbonyl (C=O) groups is 1. The Morgan fingerprint density at radius 2 is 1.83 bits per heavy atom. The summed E-state index contributed by atoms with van der Waals surface area (Å²) in [6, 6.07) is 9.74. The van der Waals surface area contributed by atoms with E-state index in [4.69, 9.17) is 5.11 Å². The number of carboxylic acid groups (broad SMARTS) is 1. The second-order valence-electron chi connectivity index (χ2n) is 5.55. The highest BCUT2D eigenvalue weighted by Gasteiger charge is 2.15. The van der Waals surface area contributed by atoms with E-state index in [0.717, 1.165) is 30.7 Å². The van der Waals surface area contributed by atoms with Gasteiger partial charge in [0.05, 0.1) is 0 Å². The molecule has 0 aliphatic carbocycles. The third-order valence-corrected chi connectivity index (χ3v) is 3.67. The van der Waals surface area contributed by atoms with Gasteiger partial charge < -0.3 is 10.4 Å². The molecule has 2 N–H and O–H groups in total. The van der Waals surface area contributed by atoms with Gasteiger partial charge in [-0.25, -0.2) is 9.97 Å². The molecule has 5 nitrogen and oxygen atoms in total. The molecule has 0 bridgehead atoms. The van der Waals surface area contributed by atoms with Crippen molar-refractivity contribution in [2.24, 2.45) is 0 Å². The van der Waals surface area contributed by atoms with Crippen molar-refractivity contribution in [2.45, 2.75) is 45.2 Å². The molecule has 23 heavy (non-hydrogen) atoms. The Hall–Kier alpha value is -2.27. The predicted molar refractivity (Wildman–Crippen MR) is 89.1 cm³/mol. The van der Waals surface area contributed by atoms with Gasteiger partial charge in [-0.05, 0) is 18.4 Å². The fourth-order valence-corrected chi connectivity index (χ4v) is 2.35. The third-order valence-electron chi connectivity index (χ3n) is 3.67. The van der Waals surface area contributed by atoms with Gasteiger partial charge in [0.2, 0.25) is 0 Å². The minimum absolute atomic E-state index is 0.468. The second-order valence-corrected chi connectivity index (χ2v) is 5.55. The van der Waals surface area contributed by atoms with Crippen LogP contribution in [0, 0.1) is 0 Å². The van der Waals surface area contributed by atoms with Crippen LogP contribution >= 0.6 is 0 Å². The summed E-state index contributed by atoms with van der Waals surface area (Å²) in [6.07, 6.45) is 6.70. The van der Waals surface area contributed by atoms with Crippen molar-refractivity contribution in [1.29, 1.82) is 0 Å². The number of aryl methyl sites for hydroxylation is 2. The zero-order valence-corrected chi connectivity index (χ0v) is 13.4. The molecule has 1 aromatic heterocycles. The monoisotopic (exact) mass is 313 g/mol. The van der Waals surface area contributed by atoms with Gasteiger partial charge in [-0.1, -0.05) is 43.7 Å². The Morgan fingerprint density at radius 1 is 1.13 bits per heavy atom. The van der Waals surface area contributed by atoms with Crippen molar-refractivity contribution >= 4 is 5.97 Å². The fourth-order valence-electron chi connectivity index (χ4n) is 2.35. The van der Waals surface area contributed by atoms with E-state index in [-0.39, 0.29) is 0 Å². The van der Waals surface area contributed by atoms with Crippen molar-refractivity contribution < 1.29 is 9.90 Å². The molecule has 0 aliphatic rings. The van der Waals surface area contributed by atoms with Crippen LogP contribution in [0.25, 0.3) is 0 Å². The van der Waals surface area contributed by atoms with E-state index >= 15 is 0 Å². The lowest BCUT2D eigenvalue weighted by atomic mass is 10.1. The van der Waals surface area contributed by atoms with Crippen molar-refractivity contribution in [1.82, 2.24) is 15.3 Å². The van der Waals surface area contributed by atoms with Crippen LogP contribution < -0.4 is 5.32 Å². The molecule has 1 aromatic carbocycles. The van der Waals surface area contributed by atoms with Crippen molar-refractivity contribution in [2.75, 3.05) is 0 Å². The van der Waals surface area contributed by atoms with Crippen LogP contribution in [0.3, 0.4) is 0 Å². The Bertz CT molecular complexity index is 599. The number of carboxylic acids is 1. The zero-order valence-electron chi connectivity index (χ0n) is 13.4. The maximum atomic E-state index is 11.1. The van der Waals surface area contributed by atoms with Crippen LogP contribution in [0.5, 0.6) is 0 Å². The highest BCUT2D eigenvalue weighted by atomic mass is 16.4. The van der Waals surface area contributed by atoms with Crippen LogP contribution in [0.4, 0.5) is 0 Å². The summed E-state index contributed by atoms with van der Waals surface area (Å²) in [4.78, 5) is 19.8. The molecule has 5 heteroatoms. The Labute approximate surface area is 136 Å². The number of aliphatic carboxylic acids is 1. The number of rotatable bonds is 9. The SMILES string of the molecule is CCCC(NCc1cnc(CCc2ccccc2)nc1)C(=O)O. The van der Waals surface area contributed by atoms with E-state index in [0.29, 0.717) is 13.0 Å². The zero-order chi connectivity index (χ0) is 16.5. The lowest BCUT2D eigenvalue weighted by molar-refractivity contribution is -0.139. The smallest absolute Gasteiger partial charge is 0.320 e. The third kappa shape index (κ3) is 5.79. The van der Waals surface area contributed by atoms with E-state index in [1.807, 2.05) is 25.1 Å². The Balaban J connectivity index is 1.83. The van der Waals surface area contributed by atoms with Gasteiger partial charge in [0.1, 0.15) is 11.9 Å². The van der Waals surface area contributed by atoms with E-state index in [1.165, 1.54) is 5.56 Å². The molecule has 0 saturated heterocycles. The molecule has 2 aromatic rings. The van der Waals surface area contributed by atoms with Crippen LogP contribution in [-0.2, 0) is 24.2 Å². The minimum Gasteiger partial charge on any atom is -0.480 e.